The average Bonchev–Trinajstić information content (AvgIpc) is 3.42. The van der Waals surface area contributed by atoms with Gasteiger partial charge in [0.25, 0.3) is 5.91 Å². The number of rotatable bonds is 6. The van der Waals surface area contributed by atoms with E-state index in [4.69, 9.17) is 9.41 Å². The molecule has 7 nitrogen and oxygen atoms in total. The number of hydrogen-bond acceptors (Lipinski definition) is 5. The summed E-state index contributed by atoms with van der Waals surface area (Å²) < 4.78 is 5.22. The number of nitrogens with zero attached hydrogens (tertiary/aromatic N) is 2. The summed E-state index contributed by atoms with van der Waals surface area (Å²) in [4.78, 5) is 32.0. The Balaban J connectivity index is 1.58. The minimum atomic E-state index is -1.20. The van der Waals surface area contributed by atoms with Gasteiger partial charge in [-0.15, -0.1) is 0 Å². The van der Waals surface area contributed by atoms with Gasteiger partial charge in [-0.2, -0.15) is 0 Å². The fraction of sp³-hybridized carbons (Fsp3) is 0.174. The number of guanidine groups is 1. The van der Waals surface area contributed by atoms with Crippen molar-refractivity contribution in [2.45, 2.75) is 12.1 Å². The largest absolute Gasteiger partial charge is 0.467 e. The van der Waals surface area contributed by atoms with Gasteiger partial charge in [0.1, 0.15) is 5.76 Å². The van der Waals surface area contributed by atoms with E-state index >= 15 is 0 Å². The van der Waals surface area contributed by atoms with Crippen molar-refractivity contribution in [1.29, 1.82) is 0 Å². The van der Waals surface area contributed by atoms with Gasteiger partial charge >= 0.3 is 0 Å². The van der Waals surface area contributed by atoms with Crippen molar-refractivity contribution < 1.29 is 14.0 Å². The molecular weight excluding hydrogens is 380 g/mol. The topological polar surface area (TPSA) is 86.9 Å². The van der Waals surface area contributed by atoms with Crippen molar-refractivity contribution >= 4 is 17.8 Å². The summed E-state index contributed by atoms with van der Waals surface area (Å²) in [6.45, 7) is 0.343. The minimum Gasteiger partial charge on any atom is -0.467 e. The van der Waals surface area contributed by atoms with Gasteiger partial charge < -0.3 is 14.6 Å². The number of likely N-dealkylation sites (N-methyl/N-ethyl adjacent to an activating group) is 1. The van der Waals surface area contributed by atoms with E-state index in [1.54, 1.807) is 30.3 Å². The molecule has 3 aromatic rings. The van der Waals surface area contributed by atoms with Crippen molar-refractivity contribution in [3.63, 3.8) is 0 Å². The van der Waals surface area contributed by atoms with Crippen molar-refractivity contribution in [2.75, 3.05) is 13.6 Å². The number of aliphatic imine (C=N–C) groups is 1. The molecule has 0 saturated carbocycles. The fourth-order valence-electron chi connectivity index (χ4n) is 3.47. The van der Waals surface area contributed by atoms with Gasteiger partial charge in [0.05, 0.1) is 19.4 Å². The molecule has 2 heterocycles. The molecule has 0 aliphatic carbocycles. The molecule has 0 bridgehead atoms. The van der Waals surface area contributed by atoms with Gasteiger partial charge in [-0.1, -0.05) is 60.7 Å². The predicted octanol–water partition coefficient (Wildman–Crippen LogP) is 2.26. The first-order valence-corrected chi connectivity index (χ1v) is 9.62. The second-order valence-electron chi connectivity index (χ2n) is 7.04. The second-order valence-corrected chi connectivity index (χ2v) is 7.04. The highest BCUT2D eigenvalue weighted by atomic mass is 16.3. The first-order chi connectivity index (χ1) is 14.6. The molecule has 0 spiro atoms. The summed E-state index contributed by atoms with van der Waals surface area (Å²) in [5.74, 6) is 0.561. The molecule has 1 aliphatic rings. The van der Waals surface area contributed by atoms with Gasteiger partial charge in [0.15, 0.2) is 5.54 Å². The maximum atomic E-state index is 13.2. The smallest absolute Gasteiger partial charge is 0.264 e. The lowest BCUT2D eigenvalue weighted by Crippen LogP contribution is -2.44. The van der Waals surface area contributed by atoms with Crippen LogP contribution < -0.4 is 10.6 Å². The second kappa shape index (κ2) is 8.24. The zero-order valence-electron chi connectivity index (χ0n) is 16.5. The summed E-state index contributed by atoms with van der Waals surface area (Å²) >= 11 is 0. The number of furan rings is 1. The van der Waals surface area contributed by atoms with E-state index in [-0.39, 0.29) is 18.4 Å². The molecule has 1 aromatic heterocycles. The molecule has 0 radical (unpaired) electrons. The zero-order valence-corrected chi connectivity index (χ0v) is 16.5. The molecule has 4 rings (SSSR count). The number of carbonyl (C=O) groups excluding carboxylic acids is 2. The van der Waals surface area contributed by atoms with Crippen LogP contribution in [0.15, 0.2) is 88.5 Å². The molecule has 0 saturated heterocycles. The molecule has 0 unspecified atom stereocenters. The van der Waals surface area contributed by atoms with E-state index in [0.717, 1.165) is 11.1 Å². The Morgan fingerprint density at radius 1 is 1.03 bits per heavy atom. The monoisotopic (exact) mass is 402 g/mol. The number of carbonyl (C=O) groups is 2. The number of amides is 2. The summed E-state index contributed by atoms with van der Waals surface area (Å²) in [5, 5.41) is 5.65. The van der Waals surface area contributed by atoms with Crippen LogP contribution in [0, 0.1) is 0 Å². The Morgan fingerprint density at radius 3 is 2.23 bits per heavy atom. The van der Waals surface area contributed by atoms with Gasteiger partial charge in [-0.3, -0.25) is 14.9 Å². The Labute approximate surface area is 174 Å². The van der Waals surface area contributed by atoms with Crippen molar-refractivity contribution in [1.82, 2.24) is 15.5 Å². The maximum Gasteiger partial charge on any atom is 0.264 e. The molecule has 7 heteroatoms. The minimum absolute atomic E-state index is 0.0412. The SMILES string of the molecule is CN(CC(=O)NCc1ccco1)C1=NC(c2ccccc2)(c2ccccc2)C(=O)N1. The number of hydrogen-bond donors (Lipinski definition) is 2. The van der Waals surface area contributed by atoms with Crippen LogP contribution in [0.4, 0.5) is 0 Å². The van der Waals surface area contributed by atoms with Crippen LogP contribution in [-0.2, 0) is 21.7 Å². The van der Waals surface area contributed by atoms with Crippen LogP contribution in [0.2, 0.25) is 0 Å². The molecule has 2 N–H and O–H groups in total. The molecule has 0 atom stereocenters. The van der Waals surface area contributed by atoms with E-state index < -0.39 is 5.54 Å². The van der Waals surface area contributed by atoms with Crippen LogP contribution >= 0.6 is 0 Å². The average molecular weight is 402 g/mol. The molecule has 152 valence electrons. The van der Waals surface area contributed by atoms with E-state index in [0.29, 0.717) is 18.3 Å². The van der Waals surface area contributed by atoms with Crippen molar-refractivity contribution in [2.24, 2.45) is 4.99 Å². The Kier molecular flexibility index (Phi) is 5.34. The molecule has 2 aromatic carbocycles. The van der Waals surface area contributed by atoms with Crippen LogP contribution in [-0.4, -0.2) is 36.3 Å². The zero-order chi connectivity index (χ0) is 21.0. The quantitative estimate of drug-likeness (QED) is 0.662. The molecule has 2 amide bonds. The van der Waals surface area contributed by atoms with Crippen LogP contribution in [0.25, 0.3) is 0 Å². The molecule has 0 fully saturated rings. The standard InChI is InChI=1S/C23H22N4O3/c1-27(16-20(28)24-15-19-13-8-14-30-19)22-25-21(29)23(26-22,17-9-4-2-5-10-17)18-11-6-3-7-12-18/h2-14H,15-16H2,1H3,(H,24,28)(H,25,26,29). The molecule has 1 aliphatic heterocycles. The maximum absolute atomic E-state index is 13.2. The van der Waals surface area contributed by atoms with Gasteiger partial charge in [-0.25, -0.2) is 4.99 Å². The Bertz CT molecular complexity index is 1010. The van der Waals surface area contributed by atoms with Gasteiger partial charge in [0, 0.05) is 7.05 Å². The molecular formula is C23H22N4O3. The first kappa shape index (κ1) is 19.4. The number of nitrogens with one attached hydrogen (secondary N) is 2. The summed E-state index contributed by atoms with van der Waals surface area (Å²) in [7, 11) is 1.72. The van der Waals surface area contributed by atoms with Gasteiger partial charge in [-0.05, 0) is 23.3 Å². The lowest BCUT2D eigenvalue weighted by atomic mass is 9.83. The fourth-order valence-corrected chi connectivity index (χ4v) is 3.47. The highest BCUT2D eigenvalue weighted by Crippen LogP contribution is 2.37. The first-order valence-electron chi connectivity index (χ1n) is 9.62. The Hall–Kier alpha value is -3.87. The summed E-state index contributed by atoms with van der Waals surface area (Å²) in [6.07, 6.45) is 1.56. The normalized spacial score (nSPS) is 14.7. The third-order valence-electron chi connectivity index (χ3n) is 4.99. The van der Waals surface area contributed by atoms with Gasteiger partial charge in [0.2, 0.25) is 11.9 Å². The van der Waals surface area contributed by atoms with E-state index in [1.165, 1.54) is 0 Å². The van der Waals surface area contributed by atoms with E-state index in [2.05, 4.69) is 10.6 Å². The van der Waals surface area contributed by atoms with Crippen LogP contribution in [0.5, 0.6) is 0 Å². The Morgan fingerprint density at radius 2 is 1.67 bits per heavy atom. The van der Waals surface area contributed by atoms with Crippen LogP contribution in [0.1, 0.15) is 16.9 Å². The van der Waals surface area contributed by atoms with E-state index in [1.807, 2.05) is 60.7 Å². The highest BCUT2D eigenvalue weighted by molar-refractivity contribution is 6.10. The predicted molar refractivity (Wildman–Crippen MR) is 112 cm³/mol. The third-order valence-corrected chi connectivity index (χ3v) is 4.99. The summed E-state index contributed by atoms with van der Waals surface area (Å²) in [5.41, 5.74) is 0.329. The number of benzene rings is 2. The lowest BCUT2D eigenvalue weighted by molar-refractivity contribution is -0.123. The van der Waals surface area contributed by atoms with E-state index in [9.17, 15) is 9.59 Å². The van der Waals surface area contributed by atoms with Crippen molar-refractivity contribution in [3.05, 3.63) is 95.9 Å². The highest BCUT2D eigenvalue weighted by Gasteiger charge is 2.47. The molecule has 30 heavy (non-hydrogen) atoms. The third kappa shape index (κ3) is 3.69. The lowest BCUT2D eigenvalue weighted by Gasteiger charge is -2.24. The summed E-state index contributed by atoms with van der Waals surface area (Å²) in [6, 6.07) is 22.4. The van der Waals surface area contributed by atoms with Crippen LogP contribution in [0.3, 0.4) is 0 Å². The van der Waals surface area contributed by atoms with Crippen molar-refractivity contribution in [3.8, 4) is 0 Å².